The number of rotatable bonds is 4. The van der Waals surface area contributed by atoms with Crippen LogP contribution in [0.25, 0.3) is 0 Å². The van der Waals surface area contributed by atoms with E-state index in [-0.39, 0.29) is 5.82 Å². The fraction of sp³-hybridized carbons (Fsp3) is 0.333. The smallest absolute Gasteiger partial charge is 0.129 e. The summed E-state index contributed by atoms with van der Waals surface area (Å²) in [4.78, 5) is 8.38. The van der Waals surface area contributed by atoms with Crippen LogP contribution in [0.4, 0.5) is 4.39 Å². The van der Waals surface area contributed by atoms with E-state index < -0.39 is 0 Å². The molecular weight excluding hydrogens is 241 g/mol. The predicted molar refractivity (Wildman–Crippen MR) is 73.2 cm³/mol. The van der Waals surface area contributed by atoms with Gasteiger partial charge >= 0.3 is 0 Å². The van der Waals surface area contributed by atoms with Crippen molar-refractivity contribution in [1.29, 1.82) is 0 Å². The lowest BCUT2D eigenvalue weighted by Gasteiger charge is -2.08. The molecule has 2 aromatic rings. The first-order chi connectivity index (χ1) is 9.06. The van der Waals surface area contributed by atoms with Gasteiger partial charge in [0, 0.05) is 19.3 Å². The van der Waals surface area contributed by atoms with Crippen LogP contribution in [0, 0.1) is 26.6 Å². The highest BCUT2D eigenvalue weighted by atomic mass is 19.1. The first kappa shape index (κ1) is 13.6. The van der Waals surface area contributed by atoms with Gasteiger partial charge in [-0.05, 0) is 43.5 Å². The molecule has 0 aliphatic heterocycles. The molecule has 0 aliphatic rings. The van der Waals surface area contributed by atoms with Crippen LogP contribution in [0.3, 0.4) is 0 Å². The Morgan fingerprint density at radius 2 is 1.79 bits per heavy atom. The maximum atomic E-state index is 13.5. The molecule has 1 aromatic heterocycles. The molecule has 1 aromatic carbocycles. The van der Waals surface area contributed by atoms with Gasteiger partial charge in [-0.3, -0.25) is 0 Å². The van der Waals surface area contributed by atoms with Gasteiger partial charge in [0.2, 0.25) is 0 Å². The van der Waals surface area contributed by atoms with E-state index in [1.807, 2.05) is 25.1 Å². The molecule has 1 N–H and O–H groups in total. The highest BCUT2D eigenvalue weighted by Gasteiger charge is 2.04. The third-order valence-corrected chi connectivity index (χ3v) is 2.97. The molecule has 4 heteroatoms. The molecule has 0 amide bonds. The number of hydrogen-bond acceptors (Lipinski definition) is 3. The molecule has 0 spiro atoms. The Morgan fingerprint density at radius 1 is 1.11 bits per heavy atom. The molecular formula is C15H18FN3. The minimum atomic E-state index is -0.116. The summed E-state index contributed by atoms with van der Waals surface area (Å²) in [5.74, 6) is 0.656. The topological polar surface area (TPSA) is 37.8 Å². The van der Waals surface area contributed by atoms with E-state index in [1.165, 1.54) is 0 Å². The number of aryl methyl sites for hydroxylation is 3. The standard InChI is InChI=1S/C15H18FN3/c1-10-6-13(7-11(2)15(10)16)8-17-9-14-4-5-18-12(3)19-14/h4-7,17H,8-9H2,1-3H3. The third-order valence-electron chi connectivity index (χ3n) is 2.97. The minimum absolute atomic E-state index is 0.116. The van der Waals surface area contributed by atoms with Crippen LogP contribution in [-0.4, -0.2) is 9.97 Å². The van der Waals surface area contributed by atoms with E-state index >= 15 is 0 Å². The van der Waals surface area contributed by atoms with Crippen molar-refractivity contribution in [3.8, 4) is 0 Å². The summed E-state index contributed by atoms with van der Waals surface area (Å²) in [5, 5.41) is 3.31. The summed E-state index contributed by atoms with van der Waals surface area (Å²) in [6.07, 6.45) is 1.76. The Labute approximate surface area is 112 Å². The second-order valence-corrected chi connectivity index (χ2v) is 4.74. The Kier molecular flexibility index (Phi) is 4.22. The van der Waals surface area contributed by atoms with Crippen LogP contribution in [-0.2, 0) is 13.1 Å². The molecule has 0 fully saturated rings. The number of benzene rings is 1. The maximum Gasteiger partial charge on any atom is 0.129 e. The molecule has 0 radical (unpaired) electrons. The summed E-state index contributed by atoms with van der Waals surface area (Å²) in [6, 6.07) is 5.64. The van der Waals surface area contributed by atoms with Crippen molar-refractivity contribution in [2.75, 3.05) is 0 Å². The quantitative estimate of drug-likeness (QED) is 0.917. The summed E-state index contributed by atoms with van der Waals surface area (Å²) >= 11 is 0. The van der Waals surface area contributed by atoms with Gasteiger partial charge in [-0.2, -0.15) is 0 Å². The first-order valence-corrected chi connectivity index (χ1v) is 6.31. The fourth-order valence-corrected chi connectivity index (χ4v) is 2.08. The van der Waals surface area contributed by atoms with Gasteiger partial charge in [0.25, 0.3) is 0 Å². The Morgan fingerprint density at radius 3 is 2.42 bits per heavy atom. The van der Waals surface area contributed by atoms with Gasteiger partial charge in [0.15, 0.2) is 0 Å². The molecule has 0 unspecified atom stereocenters. The van der Waals surface area contributed by atoms with Crippen LogP contribution in [0.1, 0.15) is 28.2 Å². The lowest BCUT2D eigenvalue weighted by molar-refractivity contribution is 0.605. The molecule has 0 bridgehead atoms. The minimum Gasteiger partial charge on any atom is -0.307 e. The van der Waals surface area contributed by atoms with Crippen LogP contribution in [0.2, 0.25) is 0 Å². The number of nitrogens with one attached hydrogen (secondary N) is 1. The Balaban J connectivity index is 1.96. The number of halogens is 1. The SMILES string of the molecule is Cc1nccc(CNCc2cc(C)c(F)c(C)c2)n1. The lowest BCUT2D eigenvalue weighted by atomic mass is 10.1. The highest BCUT2D eigenvalue weighted by molar-refractivity contribution is 5.30. The summed E-state index contributed by atoms with van der Waals surface area (Å²) in [5.41, 5.74) is 3.43. The van der Waals surface area contributed by atoms with Crippen LogP contribution >= 0.6 is 0 Å². The zero-order valence-electron chi connectivity index (χ0n) is 11.5. The first-order valence-electron chi connectivity index (χ1n) is 6.31. The normalized spacial score (nSPS) is 10.7. The van der Waals surface area contributed by atoms with E-state index in [0.29, 0.717) is 24.2 Å². The summed E-state index contributed by atoms with van der Waals surface area (Å²) in [6.45, 7) is 6.83. The molecule has 3 nitrogen and oxygen atoms in total. The fourth-order valence-electron chi connectivity index (χ4n) is 2.08. The molecule has 19 heavy (non-hydrogen) atoms. The van der Waals surface area contributed by atoms with Gasteiger partial charge in [-0.25, -0.2) is 14.4 Å². The maximum absolute atomic E-state index is 13.5. The number of aromatic nitrogens is 2. The molecule has 100 valence electrons. The molecule has 2 rings (SSSR count). The summed E-state index contributed by atoms with van der Waals surface area (Å²) < 4.78 is 13.5. The van der Waals surface area contributed by atoms with Gasteiger partial charge < -0.3 is 5.32 Å². The summed E-state index contributed by atoms with van der Waals surface area (Å²) in [7, 11) is 0. The van der Waals surface area contributed by atoms with Gasteiger partial charge in [0.1, 0.15) is 11.6 Å². The molecule has 0 saturated carbocycles. The van der Waals surface area contributed by atoms with Crippen molar-refractivity contribution in [3.05, 3.63) is 58.4 Å². The Bertz CT molecular complexity index is 558. The van der Waals surface area contributed by atoms with E-state index in [2.05, 4.69) is 15.3 Å². The van der Waals surface area contributed by atoms with Crippen LogP contribution < -0.4 is 5.32 Å². The monoisotopic (exact) mass is 259 g/mol. The highest BCUT2D eigenvalue weighted by Crippen LogP contribution is 2.14. The van der Waals surface area contributed by atoms with Crippen molar-refractivity contribution in [2.24, 2.45) is 0 Å². The Hall–Kier alpha value is -1.81. The molecule has 0 atom stereocenters. The largest absolute Gasteiger partial charge is 0.307 e. The van der Waals surface area contributed by atoms with Gasteiger partial charge in [0.05, 0.1) is 5.69 Å². The van der Waals surface area contributed by atoms with E-state index in [9.17, 15) is 4.39 Å². The van der Waals surface area contributed by atoms with Gasteiger partial charge in [-0.1, -0.05) is 12.1 Å². The lowest BCUT2D eigenvalue weighted by Crippen LogP contribution is -2.14. The number of nitrogens with zero attached hydrogens (tertiary/aromatic N) is 2. The average Bonchev–Trinajstić information content (AvgIpc) is 2.36. The van der Waals surface area contributed by atoms with Crippen molar-refractivity contribution in [2.45, 2.75) is 33.9 Å². The van der Waals surface area contributed by atoms with Gasteiger partial charge in [-0.15, -0.1) is 0 Å². The van der Waals surface area contributed by atoms with Crippen molar-refractivity contribution in [1.82, 2.24) is 15.3 Å². The van der Waals surface area contributed by atoms with Crippen molar-refractivity contribution >= 4 is 0 Å². The van der Waals surface area contributed by atoms with E-state index in [1.54, 1.807) is 20.0 Å². The van der Waals surface area contributed by atoms with E-state index in [4.69, 9.17) is 0 Å². The van der Waals surface area contributed by atoms with Crippen molar-refractivity contribution < 1.29 is 4.39 Å². The third kappa shape index (κ3) is 3.58. The average molecular weight is 259 g/mol. The number of hydrogen-bond donors (Lipinski definition) is 1. The van der Waals surface area contributed by atoms with Crippen molar-refractivity contribution in [3.63, 3.8) is 0 Å². The zero-order valence-corrected chi connectivity index (χ0v) is 11.5. The zero-order chi connectivity index (χ0) is 13.8. The molecule has 1 heterocycles. The van der Waals surface area contributed by atoms with Crippen LogP contribution in [0.15, 0.2) is 24.4 Å². The molecule has 0 saturated heterocycles. The predicted octanol–water partition coefficient (Wildman–Crippen LogP) is 2.83. The van der Waals surface area contributed by atoms with Crippen LogP contribution in [0.5, 0.6) is 0 Å². The second-order valence-electron chi connectivity index (χ2n) is 4.74. The second kappa shape index (κ2) is 5.89. The van der Waals surface area contributed by atoms with E-state index in [0.717, 1.165) is 17.1 Å². The molecule has 0 aliphatic carbocycles.